The van der Waals surface area contributed by atoms with Crippen LogP contribution in [0.3, 0.4) is 0 Å². The van der Waals surface area contributed by atoms with Crippen LogP contribution < -0.4 is 0 Å². The molecule has 8 nitrogen and oxygen atoms in total. The monoisotopic (exact) mass is 536 g/mol. The van der Waals surface area contributed by atoms with Crippen LogP contribution >= 0.6 is 0 Å². The number of fused-ring (bicyclic) bond motifs is 3. The maximum absolute atomic E-state index is 15.2. The van der Waals surface area contributed by atoms with Gasteiger partial charge in [-0.3, -0.25) is 4.40 Å². The molecule has 0 saturated carbocycles. The van der Waals surface area contributed by atoms with E-state index in [0.717, 1.165) is 61.7 Å². The summed E-state index contributed by atoms with van der Waals surface area (Å²) in [7, 11) is -3.31. The van der Waals surface area contributed by atoms with Gasteiger partial charge in [0, 0.05) is 68.1 Å². The highest BCUT2D eigenvalue weighted by molar-refractivity contribution is 7.90. The van der Waals surface area contributed by atoms with E-state index < -0.39 is 21.8 Å². The molecule has 6 rings (SSSR count). The number of sulfone groups is 1. The summed E-state index contributed by atoms with van der Waals surface area (Å²) in [6.45, 7) is 2.11. The van der Waals surface area contributed by atoms with Crippen molar-refractivity contribution < 1.29 is 22.3 Å². The molecule has 0 bridgehead atoms. The maximum atomic E-state index is 15.2. The molecule has 0 aliphatic carbocycles. The Morgan fingerprint density at radius 1 is 1.08 bits per heavy atom. The summed E-state index contributed by atoms with van der Waals surface area (Å²) in [6.07, 6.45) is 10.4. The Balaban J connectivity index is 1.30. The lowest BCUT2D eigenvalue weighted by Crippen LogP contribution is -2.18. The van der Waals surface area contributed by atoms with E-state index in [0.29, 0.717) is 35.7 Å². The van der Waals surface area contributed by atoms with Gasteiger partial charge in [0.15, 0.2) is 9.84 Å². The molecule has 0 spiro atoms. The summed E-state index contributed by atoms with van der Waals surface area (Å²) in [6, 6.07) is 8.10. The molecule has 0 N–H and O–H groups in total. The highest BCUT2D eigenvalue weighted by Gasteiger charge is 2.29. The van der Waals surface area contributed by atoms with E-state index in [-0.39, 0.29) is 4.90 Å². The zero-order valence-electron chi connectivity index (χ0n) is 21.1. The standard InChI is InChI=1S/C28H29FN4O4S/c1-38(34,35)21-5-3-19(4-6-21)28-27-24(10-13-37-28)32-26-14-23(29)22(17-33(26)27)20-15-30-25(31-16-20)7-2-18-8-11-36-12-9-18/h3-6,14-18,28H,2,7-13H2,1H3. The third-order valence-electron chi connectivity index (χ3n) is 7.44. The first-order valence-corrected chi connectivity index (χ1v) is 14.8. The molecule has 0 amide bonds. The number of rotatable bonds is 6. The number of hydrogen-bond acceptors (Lipinski definition) is 7. The van der Waals surface area contributed by atoms with Gasteiger partial charge in [0.25, 0.3) is 0 Å². The molecule has 5 heterocycles. The van der Waals surface area contributed by atoms with Crippen molar-refractivity contribution in [3.05, 3.63) is 77.5 Å². The fourth-order valence-electron chi connectivity index (χ4n) is 5.29. The van der Waals surface area contributed by atoms with Crippen molar-refractivity contribution in [2.75, 3.05) is 26.1 Å². The Kier molecular flexibility index (Phi) is 6.71. The largest absolute Gasteiger partial charge is 0.381 e. The topological polar surface area (TPSA) is 95.7 Å². The van der Waals surface area contributed by atoms with Gasteiger partial charge in [-0.2, -0.15) is 0 Å². The van der Waals surface area contributed by atoms with Crippen LogP contribution in [-0.2, 0) is 32.2 Å². The summed E-state index contributed by atoms with van der Waals surface area (Å²) in [5.74, 6) is 0.998. The summed E-state index contributed by atoms with van der Waals surface area (Å²) in [4.78, 5) is 14.0. The Labute approximate surface area is 220 Å². The summed E-state index contributed by atoms with van der Waals surface area (Å²) in [5.41, 5.74) is 3.92. The average Bonchev–Trinajstić information content (AvgIpc) is 3.29. The zero-order valence-corrected chi connectivity index (χ0v) is 22.0. The van der Waals surface area contributed by atoms with Gasteiger partial charge in [0.2, 0.25) is 0 Å². The van der Waals surface area contributed by atoms with E-state index in [2.05, 4.69) is 15.0 Å². The van der Waals surface area contributed by atoms with Crippen molar-refractivity contribution in [3.8, 4) is 11.1 Å². The molecule has 2 aliphatic rings. The van der Waals surface area contributed by atoms with E-state index >= 15 is 4.39 Å². The van der Waals surface area contributed by atoms with Crippen LogP contribution in [0.4, 0.5) is 4.39 Å². The molecule has 1 saturated heterocycles. The van der Waals surface area contributed by atoms with Crippen LogP contribution in [0.25, 0.3) is 16.8 Å². The van der Waals surface area contributed by atoms with E-state index in [1.165, 1.54) is 12.3 Å². The van der Waals surface area contributed by atoms with Crippen molar-refractivity contribution >= 4 is 15.5 Å². The summed E-state index contributed by atoms with van der Waals surface area (Å²) >= 11 is 0. The molecule has 38 heavy (non-hydrogen) atoms. The maximum Gasteiger partial charge on any atom is 0.175 e. The first-order valence-electron chi connectivity index (χ1n) is 12.9. The first-order chi connectivity index (χ1) is 18.4. The van der Waals surface area contributed by atoms with Gasteiger partial charge in [-0.05, 0) is 42.9 Å². The number of aryl methyl sites for hydroxylation is 1. The Bertz CT molecular complexity index is 1560. The normalized spacial score (nSPS) is 18.5. The summed E-state index contributed by atoms with van der Waals surface area (Å²) < 4.78 is 52.4. The number of ether oxygens (including phenoxy) is 2. The van der Waals surface area contributed by atoms with Gasteiger partial charge in [0.1, 0.15) is 23.4 Å². The van der Waals surface area contributed by atoms with Crippen LogP contribution in [0.2, 0.25) is 0 Å². The number of hydrogen-bond donors (Lipinski definition) is 0. The second-order valence-electron chi connectivity index (χ2n) is 10.0. The van der Waals surface area contributed by atoms with Crippen LogP contribution in [0.15, 0.2) is 53.8 Å². The number of benzene rings is 1. The van der Waals surface area contributed by atoms with E-state index in [9.17, 15) is 8.42 Å². The molecule has 0 radical (unpaired) electrons. The molecule has 1 aromatic carbocycles. The van der Waals surface area contributed by atoms with Crippen molar-refractivity contribution in [1.29, 1.82) is 0 Å². The van der Waals surface area contributed by atoms with Gasteiger partial charge < -0.3 is 9.47 Å². The Morgan fingerprint density at radius 2 is 1.82 bits per heavy atom. The predicted octanol–water partition coefficient (Wildman–Crippen LogP) is 4.36. The van der Waals surface area contributed by atoms with Crippen LogP contribution in [-0.4, -0.2) is 53.8 Å². The van der Waals surface area contributed by atoms with Crippen molar-refractivity contribution in [3.63, 3.8) is 0 Å². The Hall–Kier alpha value is -3.21. The van der Waals surface area contributed by atoms with Gasteiger partial charge >= 0.3 is 0 Å². The molecule has 4 aromatic rings. The van der Waals surface area contributed by atoms with Gasteiger partial charge in [-0.1, -0.05) is 12.1 Å². The molecule has 3 aromatic heterocycles. The van der Waals surface area contributed by atoms with Gasteiger partial charge in [-0.15, -0.1) is 0 Å². The highest BCUT2D eigenvalue weighted by atomic mass is 32.2. The van der Waals surface area contributed by atoms with Crippen LogP contribution in [0.5, 0.6) is 0 Å². The average molecular weight is 537 g/mol. The fourth-order valence-corrected chi connectivity index (χ4v) is 5.92. The number of nitrogens with zero attached hydrogens (tertiary/aromatic N) is 4. The summed E-state index contributed by atoms with van der Waals surface area (Å²) in [5, 5.41) is 0. The number of imidazole rings is 1. The SMILES string of the molecule is CS(=O)(=O)c1ccc(C2OCCc3nc4cc(F)c(-c5cnc(CCC6CCOCC6)nc5)cn4c32)cc1. The minimum Gasteiger partial charge on any atom is -0.381 e. The molecule has 198 valence electrons. The lowest BCUT2D eigenvalue weighted by molar-refractivity contribution is 0.0638. The lowest BCUT2D eigenvalue weighted by atomic mass is 9.95. The number of halogens is 1. The smallest absolute Gasteiger partial charge is 0.175 e. The van der Waals surface area contributed by atoms with E-state index in [1.807, 2.05) is 4.40 Å². The second-order valence-corrected chi connectivity index (χ2v) is 12.0. The third kappa shape index (κ3) is 4.95. The minimum atomic E-state index is -3.31. The number of aromatic nitrogens is 4. The molecular formula is C28H29FN4O4S. The van der Waals surface area contributed by atoms with E-state index in [1.54, 1.807) is 42.9 Å². The molecule has 10 heteroatoms. The first kappa shape index (κ1) is 25.1. The van der Waals surface area contributed by atoms with Crippen LogP contribution in [0.1, 0.15) is 48.1 Å². The van der Waals surface area contributed by atoms with Crippen molar-refractivity contribution in [2.45, 2.75) is 43.1 Å². The molecule has 1 atom stereocenters. The molecule has 1 unspecified atom stereocenters. The zero-order chi connectivity index (χ0) is 26.3. The van der Waals surface area contributed by atoms with Crippen LogP contribution in [0, 0.1) is 11.7 Å². The van der Waals surface area contributed by atoms with Gasteiger partial charge in [-0.25, -0.2) is 27.8 Å². The molecular weight excluding hydrogens is 507 g/mol. The lowest BCUT2D eigenvalue weighted by Gasteiger charge is -2.24. The Morgan fingerprint density at radius 3 is 2.53 bits per heavy atom. The van der Waals surface area contributed by atoms with Crippen molar-refractivity contribution in [2.24, 2.45) is 5.92 Å². The predicted molar refractivity (Wildman–Crippen MR) is 139 cm³/mol. The molecule has 1 fully saturated rings. The van der Waals surface area contributed by atoms with E-state index in [4.69, 9.17) is 9.47 Å². The third-order valence-corrected chi connectivity index (χ3v) is 8.57. The minimum absolute atomic E-state index is 0.246. The quantitative estimate of drug-likeness (QED) is 0.361. The van der Waals surface area contributed by atoms with Crippen molar-refractivity contribution in [1.82, 2.24) is 19.4 Å². The number of pyridine rings is 1. The highest BCUT2D eigenvalue weighted by Crippen LogP contribution is 2.35. The van der Waals surface area contributed by atoms with Gasteiger partial charge in [0.05, 0.1) is 22.9 Å². The molecule has 2 aliphatic heterocycles. The fraction of sp³-hybridized carbons (Fsp3) is 0.393. The second kappa shape index (κ2) is 10.2.